The Kier molecular flexibility index (Phi) is 4.20. The van der Waals surface area contributed by atoms with Crippen LogP contribution in [0.3, 0.4) is 0 Å². The van der Waals surface area contributed by atoms with Gasteiger partial charge < -0.3 is 9.52 Å². The summed E-state index contributed by atoms with van der Waals surface area (Å²) in [4.78, 5) is 37.2. The Morgan fingerprint density at radius 3 is 2.26 bits per heavy atom. The second kappa shape index (κ2) is 6.14. The molecule has 23 heavy (non-hydrogen) atoms. The summed E-state index contributed by atoms with van der Waals surface area (Å²) in [6.45, 7) is 1.77. The molecule has 5 nitrogen and oxygen atoms in total. The number of Topliss-reactive ketones (excluding diaryl/α,β-unsaturated/α-hetero) is 3. The van der Waals surface area contributed by atoms with Gasteiger partial charge in [-0.2, -0.15) is 0 Å². The summed E-state index contributed by atoms with van der Waals surface area (Å²) in [6.07, 6.45) is 2.52. The molecule has 1 atom stereocenters. The van der Waals surface area contributed by atoms with Gasteiger partial charge >= 0.3 is 0 Å². The minimum atomic E-state index is -0.923. The maximum atomic E-state index is 12.4. The average Bonchev–Trinajstić information content (AvgIpc) is 2.91. The molecule has 0 aliphatic heterocycles. The van der Waals surface area contributed by atoms with Gasteiger partial charge in [-0.15, -0.1) is 0 Å². The fourth-order valence-corrected chi connectivity index (χ4v) is 3.59. The smallest absolute Gasteiger partial charge is 0.163 e. The fourth-order valence-electron chi connectivity index (χ4n) is 3.59. The van der Waals surface area contributed by atoms with Crippen molar-refractivity contribution in [1.29, 1.82) is 0 Å². The molecule has 0 unspecified atom stereocenters. The summed E-state index contributed by atoms with van der Waals surface area (Å²) < 4.78 is 5.64. The summed E-state index contributed by atoms with van der Waals surface area (Å²) >= 11 is 0. The predicted molar refractivity (Wildman–Crippen MR) is 82.1 cm³/mol. The van der Waals surface area contributed by atoms with Gasteiger partial charge in [0, 0.05) is 31.3 Å². The van der Waals surface area contributed by atoms with E-state index in [4.69, 9.17) is 4.42 Å². The number of ketones is 3. The predicted octanol–water partition coefficient (Wildman–Crippen LogP) is 3.18. The molecule has 3 rings (SSSR count). The molecular weight excluding hydrogens is 296 g/mol. The van der Waals surface area contributed by atoms with E-state index in [1.165, 1.54) is 0 Å². The van der Waals surface area contributed by atoms with E-state index in [9.17, 15) is 19.5 Å². The van der Waals surface area contributed by atoms with Crippen LogP contribution in [0.2, 0.25) is 0 Å². The minimum Gasteiger partial charge on any atom is -0.512 e. The topological polar surface area (TPSA) is 84.6 Å². The zero-order valence-electron chi connectivity index (χ0n) is 13.1. The quantitative estimate of drug-likeness (QED) is 0.866. The molecule has 0 saturated heterocycles. The van der Waals surface area contributed by atoms with E-state index in [-0.39, 0.29) is 28.7 Å². The van der Waals surface area contributed by atoms with Crippen molar-refractivity contribution in [2.24, 2.45) is 5.92 Å². The van der Waals surface area contributed by atoms with Crippen molar-refractivity contribution in [1.82, 2.24) is 0 Å². The molecule has 0 amide bonds. The average molecular weight is 316 g/mol. The van der Waals surface area contributed by atoms with Gasteiger partial charge in [-0.05, 0) is 31.9 Å². The molecular formula is C18H20O5. The van der Waals surface area contributed by atoms with E-state index in [1.54, 1.807) is 19.1 Å². The van der Waals surface area contributed by atoms with Crippen LogP contribution in [0.1, 0.15) is 56.0 Å². The van der Waals surface area contributed by atoms with Crippen molar-refractivity contribution in [2.45, 2.75) is 51.4 Å². The van der Waals surface area contributed by atoms with Crippen LogP contribution in [0.5, 0.6) is 0 Å². The van der Waals surface area contributed by atoms with Crippen LogP contribution in [-0.2, 0) is 14.4 Å². The van der Waals surface area contributed by atoms with Gasteiger partial charge in [-0.3, -0.25) is 14.4 Å². The molecule has 122 valence electrons. The zero-order chi connectivity index (χ0) is 16.6. The summed E-state index contributed by atoms with van der Waals surface area (Å²) in [7, 11) is 0. The van der Waals surface area contributed by atoms with E-state index in [1.807, 2.05) is 0 Å². The number of furan rings is 1. The minimum absolute atomic E-state index is 0.00789. The van der Waals surface area contributed by atoms with E-state index < -0.39 is 11.8 Å². The Bertz CT molecular complexity index is 678. The number of carbonyl (C=O) groups excluding carboxylic acids is 3. The lowest BCUT2D eigenvalue weighted by Crippen LogP contribution is -2.36. The first kappa shape index (κ1) is 15.7. The normalized spacial score (nSPS) is 21.9. The number of hydrogen-bond acceptors (Lipinski definition) is 5. The highest BCUT2D eigenvalue weighted by atomic mass is 16.3. The van der Waals surface area contributed by atoms with Gasteiger partial charge in [0.05, 0.1) is 17.6 Å². The Hall–Kier alpha value is -2.17. The lowest BCUT2D eigenvalue weighted by molar-refractivity contribution is -0.136. The number of allylic oxidation sites excluding steroid dienone is 2. The highest BCUT2D eigenvalue weighted by molar-refractivity contribution is 6.08. The van der Waals surface area contributed by atoms with Crippen molar-refractivity contribution in [3.05, 3.63) is 35.0 Å². The molecule has 1 fully saturated rings. The molecule has 1 heterocycles. The Morgan fingerprint density at radius 2 is 1.70 bits per heavy atom. The van der Waals surface area contributed by atoms with Crippen LogP contribution < -0.4 is 0 Å². The molecule has 0 aromatic carbocycles. The van der Waals surface area contributed by atoms with Gasteiger partial charge in [0.2, 0.25) is 0 Å². The maximum Gasteiger partial charge on any atom is 0.163 e. The van der Waals surface area contributed by atoms with E-state index in [0.29, 0.717) is 50.0 Å². The number of aryl methyl sites for hydroxylation is 1. The largest absolute Gasteiger partial charge is 0.512 e. The Balaban J connectivity index is 2.12. The summed E-state index contributed by atoms with van der Waals surface area (Å²) in [5.41, 5.74) is 0.194. The number of aliphatic hydroxyl groups is 1. The summed E-state index contributed by atoms with van der Waals surface area (Å²) in [5.74, 6) is -1.20. The molecule has 1 saturated carbocycles. The number of rotatable bonds is 3. The molecule has 1 aromatic heterocycles. The standard InChI is InChI=1S/C18H20O5/c1-10-8-9-15(23-10)18(16-11(19)4-2-5-12(16)20)17-13(21)6-3-7-14(17)22/h8-9,16,18,21H,2-7H2,1H3/t18-/m1/s1. The molecule has 0 bridgehead atoms. The van der Waals surface area contributed by atoms with Gasteiger partial charge in [0.1, 0.15) is 23.1 Å². The first-order valence-corrected chi connectivity index (χ1v) is 8.06. The van der Waals surface area contributed by atoms with Gasteiger partial charge in [0.15, 0.2) is 5.78 Å². The van der Waals surface area contributed by atoms with E-state index in [2.05, 4.69) is 0 Å². The van der Waals surface area contributed by atoms with Crippen LogP contribution >= 0.6 is 0 Å². The molecule has 1 N–H and O–H groups in total. The molecule has 0 spiro atoms. The molecule has 5 heteroatoms. The third-order valence-electron chi connectivity index (χ3n) is 4.68. The van der Waals surface area contributed by atoms with E-state index in [0.717, 1.165) is 0 Å². The highest BCUT2D eigenvalue weighted by Gasteiger charge is 2.44. The number of carbonyl (C=O) groups is 3. The van der Waals surface area contributed by atoms with Crippen LogP contribution in [-0.4, -0.2) is 22.5 Å². The van der Waals surface area contributed by atoms with Crippen molar-refractivity contribution >= 4 is 17.3 Å². The molecule has 0 radical (unpaired) electrons. The monoisotopic (exact) mass is 316 g/mol. The van der Waals surface area contributed by atoms with Gasteiger partial charge in [0.25, 0.3) is 0 Å². The molecule has 2 aliphatic rings. The lowest BCUT2D eigenvalue weighted by atomic mass is 9.71. The first-order valence-electron chi connectivity index (χ1n) is 8.06. The zero-order valence-corrected chi connectivity index (χ0v) is 13.1. The number of aliphatic hydroxyl groups excluding tert-OH is 1. The molecule has 2 aliphatic carbocycles. The van der Waals surface area contributed by atoms with Crippen molar-refractivity contribution < 1.29 is 23.9 Å². The number of hydrogen-bond donors (Lipinski definition) is 1. The Labute approximate surface area is 134 Å². The lowest BCUT2D eigenvalue weighted by Gasteiger charge is -2.30. The van der Waals surface area contributed by atoms with Crippen LogP contribution in [0, 0.1) is 12.8 Å². The van der Waals surface area contributed by atoms with Gasteiger partial charge in [-0.1, -0.05) is 0 Å². The van der Waals surface area contributed by atoms with Crippen molar-refractivity contribution in [2.75, 3.05) is 0 Å². The van der Waals surface area contributed by atoms with E-state index >= 15 is 0 Å². The highest BCUT2D eigenvalue weighted by Crippen LogP contribution is 2.41. The fraction of sp³-hybridized carbons (Fsp3) is 0.500. The third kappa shape index (κ3) is 2.87. The third-order valence-corrected chi connectivity index (χ3v) is 4.68. The first-order chi connectivity index (χ1) is 11.0. The second-order valence-corrected chi connectivity index (χ2v) is 6.33. The SMILES string of the molecule is Cc1ccc([C@@H](C2=C(O)CCCC2=O)C2C(=O)CCCC2=O)o1. The summed E-state index contributed by atoms with van der Waals surface area (Å²) in [5, 5.41) is 10.3. The molecule has 1 aromatic rings. The van der Waals surface area contributed by atoms with Crippen molar-refractivity contribution in [3.8, 4) is 0 Å². The van der Waals surface area contributed by atoms with Crippen LogP contribution in [0.15, 0.2) is 27.9 Å². The van der Waals surface area contributed by atoms with Crippen LogP contribution in [0.4, 0.5) is 0 Å². The maximum absolute atomic E-state index is 12.4. The Morgan fingerprint density at radius 1 is 1.04 bits per heavy atom. The van der Waals surface area contributed by atoms with Crippen molar-refractivity contribution in [3.63, 3.8) is 0 Å². The second-order valence-electron chi connectivity index (χ2n) is 6.33. The van der Waals surface area contributed by atoms with Gasteiger partial charge in [-0.25, -0.2) is 0 Å². The summed E-state index contributed by atoms with van der Waals surface area (Å²) in [6, 6.07) is 3.43. The van der Waals surface area contributed by atoms with Crippen LogP contribution in [0.25, 0.3) is 0 Å².